The number of amides is 2. The van der Waals surface area contributed by atoms with Gasteiger partial charge >= 0.3 is 0 Å². The summed E-state index contributed by atoms with van der Waals surface area (Å²) in [5.41, 5.74) is 1.22. The topological polar surface area (TPSA) is 67.7 Å². The number of carbonyl (C=O) groups is 2. The average molecular weight is 389 g/mol. The monoisotopic (exact) mass is 388 g/mol. The molecule has 0 N–H and O–H groups in total. The second kappa shape index (κ2) is 7.85. The zero-order chi connectivity index (χ0) is 19.7. The van der Waals surface area contributed by atoms with E-state index < -0.39 is 0 Å². The van der Waals surface area contributed by atoms with Crippen molar-refractivity contribution in [2.45, 2.75) is 65.0 Å². The van der Waals surface area contributed by atoms with E-state index >= 15 is 0 Å². The maximum Gasteiger partial charge on any atom is 0.258 e. The molecule has 28 heavy (non-hydrogen) atoms. The van der Waals surface area contributed by atoms with Gasteiger partial charge in [-0.2, -0.15) is 5.10 Å². The second-order valence-corrected chi connectivity index (χ2v) is 8.50. The summed E-state index contributed by atoms with van der Waals surface area (Å²) < 4.78 is 7.43. The number of aryl methyl sites for hydroxylation is 2. The highest BCUT2D eigenvalue weighted by molar-refractivity contribution is 5.98. The standard InChI is InChI=1S/C21H32N4O3/c1-3-24-15-17(16(2)22-24)19(26)25-12-6-7-21(8-13-28-14-9-21)18(25)20(27)23-10-4-5-11-23/h15,18H,3-14H2,1-2H3. The molecule has 3 aliphatic heterocycles. The van der Waals surface area contributed by atoms with E-state index in [4.69, 9.17) is 4.74 Å². The first-order valence-electron chi connectivity index (χ1n) is 10.8. The van der Waals surface area contributed by atoms with Crippen molar-refractivity contribution in [1.29, 1.82) is 0 Å². The summed E-state index contributed by atoms with van der Waals surface area (Å²) in [6.45, 7) is 8.25. The van der Waals surface area contributed by atoms with Crippen LogP contribution in [0.1, 0.15) is 61.5 Å². The van der Waals surface area contributed by atoms with Crippen LogP contribution in [0.5, 0.6) is 0 Å². The molecule has 0 bridgehead atoms. The molecule has 7 nitrogen and oxygen atoms in total. The first-order chi connectivity index (χ1) is 13.6. The van der Waals surface area contributed by atoms with Gasteiger partial charge in [0.05, 0.1) is 11.3 Å². The van der Waals surface area contributed by atoms with Crippen LogP contribution in [-0.4, -0.2) is 70.3 Å². The van der Waals surface area contributed by atoms with Crippen LogP contribution in [0.2, 0.25) is 0 Å². The third-order valence-electron chi connectivity index (χ3n) is 6.87. The van der Waals surface area contributed by atoms with E-state index in [0.717, 1.165) is 63.9 Å². The number of hydrogen-bond acceptors (Lipinski definition) is 4. The van der Waals surface area contributed by atoms with Crippen LogP contribution < -0.4 is 0 Å². The molecule has 1 atom stereocenters. The van der Waals surface area contributed by atoms with Gasteiger partial charge in [0.1, 0.15) is 6.04 Å². The molecule has 0 aliphatic carbocycles. The first-order valence-corrected chi connectivity index (χ1v) is 10.8. The Hall–Kier alpha value is -1.89. The molecule has 3 aliphatic rings. The number of piperidine rings is 1. The number of carbonyl (C=O) groups excluding carboxylic acids is 2. The third kappa shape index (κ3) is 3.34. The molecule has 4 heterocycles. The van der Waals surface area contributed by atoms with Gasteiger partial charge in [0.2, 0.25) is 5.91 Å². The van der Waals surface area contributed by atoms with Gasteiger partial charge in [-0.3, -0.25) is 14.3 Å². The minimum absolute atomic E-state index is 0.0414. The van der Waals surface area contributed by atoms with Gasteiger partial charge in [-0.15, -0.1) is 0 Å². The Balaban J connectivity index is 1.69. The van der Waals surface area contributed by atoms with Gasteiger partial charge in [-0.25, -0.2) is 0 Å². The highest BCUT2D eigenvalue weighted by Gasteiger charge is 2.52. The van der Waals surface area contributed by atoms with Gasteiger partial charge in [0.25, 0.3) is 5.91 Å². The number of aromatic nitrogens is 2. The van der Waals surface area contributed by atoms with E-state index in [2.05, 4.69) is 5.10 Å². The molecular weight excluding hydrogens is 356 g/mol. The van der Waals surface area contributed by atoms with Crippen molar-refractivity contribution in [1.82, 2.24) is 19.6 Å². The molecule has 1 aromatic heterocycles. The maximum atomic E-state index is 13.6. The number of ether oxygens (including phenoxy) is 1. The summed E-state index contributed by atoms with van der Waals surface area (Å²) in [7, 11) is 0. The van der Waals surface area contributed by atoms with Gasteiger partial charge < -0.3 is 14.5 Å². The average Bonchev–Trinajstić information content (AvgIpc) is 3.37. The lowest BCUT2D eigenvalue weighted by Crippen LogP contribution is -2.62. The van der Waals surface area contributed by atoms with Crippen LogP contribution in [0, 0.1) is 12.3 Å². The van der Waals surface area contributed by atoms with E-state index in [0.29, 0.717) is 25.3 Å². The Morgan fingerprint density at radius 3 is 2.50 bits per heavy atom. The van der Waals surface area contributed by atoms with Crippen molar-refractivity contribution in [3.63, 3.8) is 0 Å². The Labute approximate surface area is 167 Å². The van der Waals surface area contributed by atoms with Crippen LogP contribution >= 0.6 is 0 Å². The van der Waals surface area contributed by atoms with Gasteiger partial charge in [0.15, 0.2) is 0 Å². The van der Waals surface area contributed by atoms with Crippen LogP contribution in [-0.2, 0) is 16.1 Å². The van der Waals surface area contributed by atoms with E-state index in [1.165, 1.54) is 0 Å². The molecule has 2 amide bonds. The van der Waals surface area contributed by atoms with E-state index in [1.54, 1.807) is 4.68 Å². The van der Waals surface area contributed by atoms with Crippen molar-refractivity contribution in [3.8, 4) is 0 Å². The molecule has 0 aromatic carbocycles. The number of likely N-dealkylation sites (tertiary alicyclic amines) is 2. The molecule has 7 heteroatoms. The molecule has 0 saturated carbocycles. The molecule has 4 rings (SSSR count). The first kappa shape index (κ1) is 19.4. The fourth-order valence-electron chi connectivity index (χ4n) is 5.27. The van der Waals surface area contributed by atoms with Crippen LogP contribution in [0.25, 0.3) is 0 Å². The number of hydrogen-bond donors (Lipinski definition) is 0. The minimum atomic E-state index is -0.375. The smallest absolute Gasteiger partial charge is 0.258 e. The van der Waals surface area contributed by atoms with Crippen LogP contribution in [0.15, 0.2) is 6.20 Å². The van der Waals surface area contributed by atoms with Crippen molar-refractivity contribution in [2.24, 2.45) is 5.41 Å². The largest absolute Gasteiger partial charge is 0.381 e. The molecular formula is C21H32N4O3. The van der Waals surface area contributed by atoms with Crippen molar-refractivity contribution >= 4 is 11.8 Å². The zero-order valence-corrected chi connectivity index (χ0v) is 17.2. The Morgan fingerprint density at radius 1 is 1.14 bits per heavy atom. The molecule has 1 aromatic rings. The molecule has 1 unspecified atom stereocenters. The summed E-state index contributed by atoms with van der Waals surface area (Å²) in [6.07, 6.45) is 7.60. The van der Waals surface area contributed by atoms with Gasteiger partial charge in [-0.05, 0) is 52.4 Å². The third-order valence-corrected chi connectivity index (χ3v) is 6.87. The highest BCUT2D eigenvalue weighted by Crippen LogP contribution is 2.45. The van der Waals surface area contributed by atoms with Crippen LogP contribution in [0.3, 0.4) is 0 Å². The Morgan fingerprint density at radius 2 is 1.86 bits per heavy atom. The van der Waals surface area contributed by atoms with Gasteiger partial charge in [-0.1, -0.05) is 0 Å². The lowest BCUT2D eigenvalue weighted by molar-refractivity contribution is -0.147. The van der Waals surface area contributed by atoms with E-state index in [-0.39, 0.29) is 23.3 Å². The zero-order valence-electron chi connectivity index (χ0n) is 17.2. The molecule has 0 radical (unpaired) electrons. The maximum absolute atomic E-state index is 13.6. The normalized spacial score (nSPS) is 24.7. The van der Waals surface area contributed by atoms with E-state index in [1.807, 2.05) is 29.8 Å². The predicted molar refractivity (Wildman–Crippen MR) is 105 cm³/mol. The van der Waals surface area contributed by atoms with Crippen LogP contribution in [0.4, 0.5) is 0 Å². The summed E-state index contributed by atoms with van der Waals surface area (Å²) >= 11 is 0. The molecule has 3 saturated heterocycles. The quantitative estimate of drug-likeness (QED) is 0.796. The summed E-state index contributed by atoms with van der Waals surface area (Å²) in [4.78, 5) is 31.1. The molecule has 3 fully saturated rings. The van der Waals surface area contributed by atoms with E-state index in [9.17, 15) is 9.59 Å². The highest BCUT2D eigenvalue weighted by atomic mass is 16.5. The fraction of sp³-hybridized carbons (Fsp3) is 0.762. The molecule has 1 spiro atoms. The Kier molecular flexibility index (Phi) is 5.45. The number of rotatable bonds is 3. The fourth-order valence-corrected chi connectivity index (χ4v) is 5.27. The summed E-state index contributed by atoms with van der Waals surface area (Å²) in [5, 5.41) is 4.45. The summed E-state index contributed by atoms with van der Waals surface area (Å²) in [5.74, 6) is 0.105. The lowest BCUT2D eigenvalue weighted by atomic mass is 9.67. The lowest BCUT2D eigenvalue weighted by Gasteiger charge is -2.51. The SMILES string of the molecule is CCn1cc(C(=O)N2CCCC3(CCOCC3)C2C(=O)N2CCCC2)c(C)n1. The molecule has 154 valence electrons. The van der Waals surface area contributed by atoms with Crippen molar-refractivity contribution in [3.05, 3.63) is 17.5 Å². The summed E-state index contributed by atoms with van der Waals surface area (Å²) in [6, 6.07) is -0.375. The Bertz CT molecular complexity index is 726. The second-order valence-electron chi connectivity index (χ2n) is 8.50. The van der Waals surface area contributed by atoms with Crippen molar-refractivity contribution < 1.29 is 14.3 Å². The number of nitrogens with zero attached hydrogens (tertiary/aromatic N) is 4. The van der Waals surface area contributed by atoms with Gasteiger partial charge in [0, 0.05) is 51.0 Å². The van der Waals surface area contributed by atoms with Crippen molar-refractivity contribution in [2.75, 3.05) is 32.8 Å². The predicted octanol–water partition coefficient (Wildman–Crippen LogP) is 2.24. The minimum Gasteiger partial charge on any atom is -0.381 e.